The molecule has 0 aliphatic carbocycles. The zero-order chi connectivity index (χ0) is 13.0. The maximum atomic E-state index is 12.7. The summed E-state index contributed by atoms with van der Waals surface area (Å²) in [6.07, 6.45) is 4.95. The summed E-state index contributed by atoms with van der Waals surface area (Å²) in [5.41, 5.74) is -0.136. The van der Waals surface area contributed by atoms with Crippen molar-refractivity contribution in [1.82, 2.24) is 10.2 Å². The Kier molecular flexibility index (Phi) is 4.62. The number of hydrogen-bond donors (Lipinski definition) is 2. The van der Waals surface area contributed by atoms with Gasteiger partial charge in [0, 0.05) is 26.2 Å². The first kappa shape index (κ1) is 13.8. The summed E-state index contributed by atoms with van der Waals surface area (Å²) in [4.78, 5) is 14.8. The smallest absolute Gasteiger partial charge is 0.230 e. The average Bonchev–Trinajstić information content (AvgIpc) is 2.99. The van der Waals surface area contributed by atoms with Gasteiger partial charge in [-0.05, 0) is 38.1 Å². The average molecular weight is 254 g/mol. The molecule has 0 spiro atoms. The number of carbonyl (C=O) groups excluding carboxylic acids is 1. The van der Waals surface area contributed by atoms with Gasteiger partial charge in [0.25, 0.3) is 0 Å². The number of carbonyl (C=O) groups is 1. The predicted molar refractivity (Wildman–Crippen MR) is 71.2 cm³/mol. The molecule has 2 rings (SSSR count). The fourth-order valence-electron chi connectivity index (χ4n) is 3.50. The molecule has 0 aromatic carbocycles. The van der Waals surface area contributed by atoms with Crippen LogP contribution in [0.4, 0.5) is 0 Å². The highest BCUT2D eigenvalue weighted by Crippen LogP contribution is 2.35. The molecule has 0 aromatic rings. The molecule has 2 aliphatic heterocycles. The van der Waals surface area contributed by atoms with Crippen LogP contribution in [-0.2, 0) is 4.79 Å². The Labute approximate surface area is 110 Å². The second kappa shape index (κ2) is 6.02. The number of nitrogens with one attached hydrogen (secondary N) is 1. The fourth-order valence-corrected chi connectivity index (χ4v) is 3.50. The minimum absolute atomic E-state index is 0.136. The number of aliphatic hydroxyl groups is 1. The van der Waals surface area contributed by atoms with Crippen molar-refractivity contribution in [3.05, 3.63) is 0 Å². The van der Waals surface area contributed by atoms with E-state index in [4.69, 9.17) is 5.11 Å². The molecule has 2 fully saturated rings. The van der Waals surface area contributed by atoms with Gasteiger partial charge in [0.15, 0.2) is 0 Å². The number of rotatable bonds is 5. The number of nitrogens with zero attached hydrogens (tertiary/aromatic N) is 1. The van der Waals surface area contributed by atoms with Crippen LogP contribution < -0.4 is 5.32 Å². The molecule has 4 nitrogen and oxygen atoms in total. The van der Waals surface area contributed by atoms with Crippen molar-refractivity contribution < 1.29 is 9.90 Å². The van der Waals surface area contributed by atoms with E-state index >= 15 is 0 Å². The molecule has 104 valence electrons. The largest absolute Gasteiger partial charge is 0.396 e. The Bertz CT molecular complexity index is 288. The molecular weight excluding hydrogens is 228 g/mol. The number of amides is 1. The van der Waals surface area contributed by atoms with E-state index in [1.807, 2.05) is 4.90 Å². The van der Waals surface area contributed by atoms with E-state index in [2.05, 4.69) is 12.2 Å². The maximum absolute atomic E-state index is 12.7. The summed E-state index contributed by atoms with van der Waals surface area (Å²) in [6, 6.07) is 0. The standard InChI is InChI=1S/C14H26N2O2/c1-2-5-14(6-7-15-11-14)13(18)16-8-3-12(10-16)4-9-17/h12,15,17H,2-11H2,1H3. The number of aliphatic hydroxyl groups excluding tert-OH is 1. The second-order valence-corrected chi connectivity index (χ2v) is 5.88. The Morgan fingerprint density at radius 2 is 2.39 bits per heavy atom. The monoisotopic (exact) mass is 254 g/mol. The van der Waals surface area contributed by atoms with Crippen LogP contribution in [0.2, 0.25) is 0 Å². The number of likely N-dealkylation sites (tertiary alicyclic amines) is 1. The molecule has 0 saturated carbocycles. The van der Waals surface area contributed by atoms with Crippen molar-refractivity contribution in [2.45, 2.75) is 39.0 Å². The highest BCUT2D eigenvalue weighted by Gasteiger charge is 2.44. The van der Waals surface area contributed by atoms with E-state index in [1.54, 1.807) is 0 Å². The lowest BCUT2D eigenvalue weighted by Gasteiger charge is -2.31. The van der Waals surface area contributed by atoms with E-state index in [0.717, 1.165) is 58.3 Å². The van der Waals surface area contributed by atoms with Crippen LogP contribution in [0.15, 0.2) is 0 Å². The van der Waals surface area contributed by atoms with Gasteiger partial charge in [0.2, 0.25) is 5.91 Å². The van der Waals surface area contributed by atoms with Gasteiger partial charge in [0.05, 0.1) is 5.41 Å². The molecule has 0 aromatic heterocycles. The number of hydrogen-bond acceptors (Lipinski definition) is 3. The molecule has 2 N–H and O–H groups in total. The molecule has 4 heteroatoms. The summed E-state index contributed by atoms with van der Waals surface area (Å²) in [5.74, 6) is 0.863. The first-order valence-corrected chi connectivity index (χ1v) is 7.33. The summed E-state index contributed by atoms with van der Waals surface area (Å²) < 4.78 is 0. The van der Waals surface area contributed by atoms with E-state index in [1.165, 1.54) is 0 Å². The Morgan fingerprint density at radius 3 is 3.00 bits per heavy atom. The predicted octanol–water partition coefficient (Wildman–Crippen LogP) is 0.997. The molecule has 2 saturated heterocycles. The van der Waals surface area contributed by atoms with Crippen LogP contribution in [-0.4, -0.2) is 48.7 Å². The minimum Gasteiger partial charge on any atom is -0.396 e. The van der Waals surface area contributed by atoms with Gasteiger partial charge in [-0.2, -0.15) is 0 Å². The third-order valence-corrected chi connectivity index (χ3v) is 4.54. The van der Waals surface area contributed by atoms with E-state index in [9.17, 15) is 4.79 Å². The molecule has 2 atom stereocenters. The fraction of sp³-hybridized carbons (Fsp3) is 0.929. The highest BCUT2D eigenvalue weighted by molar-refractivity contribution is 5.83. The summed E-state index contributed by atoms with van der Waals surface area (Å²) >= 11 is 0. The Balaban J connectivity index is 1.97. The van der Waals surface area contributed by atoms with Gasteiger partial charge in [-0.3, -0.25) is 4.79 Å². The van der Waals surface area contributed by atoms with Crippen molar-refractivity contribution >= 4 is 5.91 Å². The van der Waals surface area contributed by atoms with Crippen molar-refractivity contribution in [1.29, 1.82) is 0 Å². The zero-order valence-electron chi connectivity index (χ0n) is 11.5. The van der Waals surface area contributed by atoms with Gasteiger partial charge in [0.1, 0.15) is 0 Å². The van der Waals surface area contributed by atoms with Gasteiger partial charge in [-0.25, -0.2) is 0 Å². The van der Waals surface area contributed by atoms with Crippen LogP contribution >= 0.6 is 0 Å². The van der Waals surface area contributed by atoms with Crippen LogP contribution in [0.5, 0.6) is 0 Å². The van der Waals surface area contributed by atoms with Crippen molar-refractivity contribution in [3.63, 3.8) is 0 Å². The lowest BCUT2D eigenvalue weighted by molar-refractivity contribution is -0.140. The molecule has 0 bridgehead atoms. The van der Waals surface area contributed by atoms with E-state index < -0.39 is 0 Å². The third-order valence-electron chi connectivity index (χ3n) is 4.54. The molecule has 1 amide bonds. The quantitative estimate of drug-likeness (QED) is 0.769. The third kappa shape index (κ3) is 2.69. The second-order valence-electron chi connectivity index (χ2n) is 5.88. The van der Waals surface area contributed by atoms with Crippen molar-refractivity contribution in [2.75, 3.05) is 32.8 Å². The Morgan fingerprint density at radius 1 is 1.56 bits per heavy atom. The van der Waals surface area contributed by atoms with Crippen LogP contribution in [0, 0.1) is 11.3 Å². The maximum Gasteiger partial charge on any atom is 0.230 e. The Hall–Kier alpha value is -0.610. The highest BCUT2D eigenvalue weighted by atomic mass is 16.3. The normalized spacial score (nSPS) is 32.1. The minimum atomic E-state index is -0.136. The summed E-state index contributed by atoms with van der Waals surface area (Å²) in [5, 5.41) is 12.3. The molecule has 2 heterocycles. The molecular formula is C14H26N2O2. The summed E-state index contributed by atoms with van der Waals surface area (Å²) in [7, 11) is 0. The SMILES string of the molecule is CCCC1(C(=O)N2CCC(CCO)C2)CCNC1. The molecule has 2 unspecified atom stereocenters. The van der Waals surface area contributed by atoms with Crippen LogP contribution in [0.25, 0.3) is 0 Å². The van der Waals surface area contributed by atoms with Crippen molar-refractivity contribution in [3.8, 4) is 0 Å². The van der Waals surface area contributed by atoms with Gasteiger partial charge in [-0.15, -0.1) is 0 Å². The first-order valence-electron chi connectivity index (χ1n) is 7.33. The topological polar surface area (TPSA) is 52.6 Å². The van der Waals surface area contributed by atoms with E-state index in [0.29, 0.717) is 11.8 Å². The molecule has 0 radical (unpaired) electrons. The lowest BCUT2D eigenvalue weighted by Crippen LogP contribution is -2.44. The van der Waals surface area contributed by atoms with Crippen LogP contribution in [0.1, 0.15) is 39.0 Å². The van der Waals surface area contributed by atoms with Gasteiger partial charge >= 0.3 is 0 Å². The molecule has 2 aliphatic rings. The van der Waals surface area contributed by atoms with Gasteiger partial charge in [-0.1, -0.05) is 13.3 Å². The first-order chi connectivity index (χ1) is 8.72. The zero-order valence-corrected chi connectivity index (χ0v) is 11.5. The van der Waals surface area contributed by atoms with Crippen molar-refractivity contribution in [2.24, 2.45) is 11.3 Å². The van der Waals surface area contributed by atoms with E-state index in [-0.39, 0.29) is 12.0 Å². The molecule has 18 heavy (non-hydrogen) atoms. The summed E-state index contributed by atoms with van der Waals surface area (Å²) in [6.45, 7) is 5.96. The lowest BCUT2D eigenvalue weighted by atomic mass is 9.81. The van der Waals surface area contributed by atoms with Crippen LogP contribution in [0.3, 0.4) is 0 Å². The van der Waals surface area contributed by atoms with Gasteiger partial charge < -0.3 is 15.3 Å².